The van der Waals surface area contributed by atoms with Gasteiger partial charge in [0.1, 0.15) is 35.4 Å². The maximum Gasteiger partial charge on any atom is 0.407 e. The topological polar surface area (TPSA) is 211 Å². The number of piperazine rings is 1. The van der Waals surface area contributed by atoms with Crippen LogP contribution in [0.2, 0.25) is 0 Å². The molecule has 3 fully saturated rings. The predicted molar refractivity (Wildman–Crippen MR) is 261 cm³/mol. The molecule has 2 aromatic heterocycles. The van der Waals surface area contributed by atoms with E-state index in [4.69, 9.17) is 4.74 Å². The van der Waals surface area contributed by atoms with Gasteiger partial charge in [-0.3, -0.25) is 24.9 Å². The van der Waals surface area contributed by atoms with Gasteiger partial charge in [-0.05, 0) is 94.6 Å². The van der Waals surface area contributed by atoms with Crippen molar-refractivity contribution >= 4 is 29.8 Å². The largest absolute Gasteiger partial charge is 0.465 e. The normalized spacial score (nSPS) is 18.5. The van der Waals surface area contributed by atoms with Crippen molar-refractivity contribution in [2.75, 3.05) is 44.9 Å². The maximum absolute atomic E-state index is 16.0. The highest BCUT2D eigenvalue weighted by molar-refractivity contribution is 5.87. The fraction of sp³-hybridized carbons (Fsp3) is 0.462. The highest BCUT2D eigenvalue weighted by Gasteiger charge is 2.57. The number of aliphatic hydroxyl groups is 1. The summed E-state index contributed by atoms with van der Waals surface area (Å²) in [6, 6.07) is 7.69. The molecule has 0 radical (unpaired) electrons. The zero-order chi connectivity index (χ0) is 57.1. The summed E-state index contributed by atoms with van der Waals surface area (Å²) < 4.78 is 142. The highest BCUT2D eigenvalue weighted by Crippen LogP contribution is 2.42. The number of hydrazine groups is 1. The number of halogens is 9. The second-order valence-electron chi connectivity index (χ2n) is 20.3. The molecule has 17 nitrogen and oxygen atoms in total. The third kappa shape index (κ3) is 13.4. The van der Waals surface area contributed by atoms with Gasteiger partial charge >= 0.3 is 24.5 Å². The Morgan fingerprint density at radius 2 is 1.40 bits per heavy atom. The Labute approximate surface area is 441 Å². The molecule has 3 aliphatic rings. The molecule has 2 bridgehead atoms. The highest BCUT2D eigenvalue weighted by atomic mass is 19.4. The van der Waals surface area contributed by atoms with Gasteiger partial charge in [-0.2, -0.15) is 26.3 Å². The van der Waals surface area contributed by atoms with Gasteiger partial charge in [0.05, 0.1) is 61.2 Å². The molecule has 78 heavy (non-hydrogen) atoms. The monoisotopic (exact) mass is 1110 g/mol. The lowest BCUT2D eigenvalue weighted by Gasteiger charge is -2.42. The molecule has 2 aromatic carbocycles. The third-order valence-electron chi connectivity index (χ3n) is 14.3. The van der Waals surface area contributed by atoms with Gasteiger partial charge in [-0.15, -0.1) is 0 Å². The number of rotatable bonds is 18. The number of pyridine rings is 2. The minimum Gasteiger partial charge on any atom is -0.465 e. The Bertz CT molecular complexity index is 2860. The molecule has 4 amide bonds. The summed E-state index contributed by atoms with van der Waals surface area (Å²) in [5.74, 6) is 0.111. The number of benzene rings is 2. The van der Waals surface area contributed by atoms with Crippen molar-refractivity contribution in [3.05, 3.63) is 113 Å². The van der Waals surface area contributed by atoms with E-state index in [1.165, 1.54) is 24.3 Å². The molecule has 0 spiro atoms. The summed E-state index contributed by atoms with van der Waals surface area (Å²) in [4.78, 5) is 65.2. The molecule has 5 heterocycles. The first-order chi connectivity index (χ1) is 36.6. The number of fused-ring (bicyclic) bond motifs is 2. The van der Waals surface area contributed by atoms with Crippen LogP contribution in [0.3, 0.4) is 0 Å². The molecule has 7 rings (SSSR count). The molecule has 0 unspecified atom stereocenters. The third-order valence-corrected chi connectivity index (χ3v) is 14.3. The average Bonchev–Trinajstić information content (AvgIpc) is 3.99. The lowest BCUT2D eigenvalue weighted by atomic mass is 9.82. The van der Waals surface area contributed by atoms with Crippen molar-refractivity contribution in [2.24, 2.45) is 10.8 Å². The number of nitrogens with one attached hydrogen (secondary N) is 4. The Balaban J connectivity index is 1.17. The van der Waals surface area contributed by atoms with Crippen LogP contribution in [0.15, 0.2) is 73.1 Å². The van der Waals surface area contributed by atoms with Crippen molar-refractivity contribution in [3.63, 3.8) is 0 Å². The number of amides is 4. The van der Waals surface area contributed by atoms with Crippen molar-refractivity contribution in [1.82, 2.24) is 41.3 Å². The Morgan fingerprint density at radius 3 is 1.91 bits per heavy atom. The van der Waals surface area contributed by atoms with Crippen LogP contribution < -0.4 is 26.3 Å². The molecule has 0 aliphatic carbocycles. The van der Waals surface area contributed by atoms with Gasteiger partial charge in [0.15, 0.2) is 0 Å². The van der Waals surface area contributed by atoms with Gasteiger partial charge in [-0.25, -0.2) is 32.8 Å². The van der Waals surface area contributed by atoms with Crippen molar-refractivity contribution < 1.29 is 78.4 Å². The SMILES string of the molecule is COC(=O)N[C@H](C(=O)NN(Cc1c(F)cc(-c2ccc(F)cn2)cc1F)C[C@H](O)[C@H](Cc1ccc(C#Cc2ccc(N3C[C@H]4C[C@@H]3CN4C3COC3)nc2)cc1)NC(=O)[C@@H](NC(=O)O)C(C)(C)C(F)(F)F)C(C)(C)C(F)(F)F. The van der Waals surface area contributed by atoms with Crippen LogP contribution in [0, 0.1) is 40.1 Å². The van der Waals surface area contributed by atoms with Crippen molar-refractivity contribution in [2.45, 2.75) is 102 Å². The molecule has 0 saturated carbocycles. The summed E-state index contributed by atoms with van der Waals surface area (Å²) in [5.41, 5.74) is -4.01. The number of carbonyl (C=O) groups is 4. The van der Waals surface area contributed by atoms with E-state index in [1.54, 1.807) is 16.8 Å². The second-order valence-corrected chi connectivity index (χ2v) is 20.3. The number of aromatic nitrogens is 2. The van der Waals surface area contributed by atoms with Crippen LogP contribution in [0.5, 0.6) is 0 Å². The van der Waals surface area contributed by atoms with E-state index in [9.17, 15) is 60.1 Å². The van der Waals surface area contributed by atoms with Crippen molar-refractivity contribution in [1.29, 1.82) is 0 Å². The number of anilines is 1. The molecule has 26 heteroatoms. The molecular formula is C52H56F9N9O8. The van der Waals surface area contributed by atoms with Crippen LogP contribution in [-0.4, -0.2) is 149 Å². The number of carboxylic acid groups (broad SMARTS) is 1. The van der Waals surface area contributed by atoms with Crippen LogP contribution in [0.4, 0.5) is 54.9 Å². The number of alkyl carbamates (subject to hydrolysis) is 1. The quantitative estimate of drug-likeness (QED) is 0.0380. The minimum absolute atomic E-state index is 0.0887. The molecule has 3 saturated heterocycles. The zero-order valence-corrected chi connectivity index (χ0v) is 42.6. The first-order valence-electron chi connectivity index (χ1n) is 24.3. The summed E-state index contributed by atoms with van der Waals surface area (Å²) in [6.45, 7) is 3.24. The molecule has 4 aromatic rings. The van der Waals surface area contributed by atoms with E-state index in [0.29, 0.717) is 62.0 Å². The van der Waals surface area contributed by atoms with E-state index < -0.39 is 114 Å². The van der Waals surface area contributed by atoms with Gasteiger partial charge in [0, 0.05) is 66.7 Å². The maximum atomic E-state index is 16.0. The summed E-state index contributed by atoms with van der Waals surface area (Å²) >= 11 is 0. The number of nitrogens with zero attached hydrogens (tertiary/aromatic N) is 5. The van der Waals surface area contributed by atoms with E-state index in [0.717, 1.165) is 76.1 Å². The summed E-state index contributed by atoms with van der Waals surface area (Å²) in [5, 5.41) is 27.6. The first kappa shape index (κ1) is 58.5. The van der Waals surface area contributed by atoms with E-state index in [2.05, 4.69) is 41.7 Å². The Kier molecular flexibility index (Phi) is 17.5. The molecule has 3 aliphatic heterocycles. The number of hydrogen-bond acceptors (Lipinski definition) is 12. The fourth-order valence-electron chi connectivity index (χ4n) is 9.28. The second kappa shape index (κ2) is 23.4. The van der Waals surface area contributed by atoms with Gasteiger partial charge in [0.2, 0.25) is 5.91 Å². The zero-order valence-electron chi connectivity index (χ0n) is 42.6. The van der Waals surface area contributed by atoms with Gasteiger partial charge in [0.25, 0.3) is 5.91 Å². The van der Waals surface area contributed by atoms with E-state index >= 15 is 8.78 Å². The minimum atomic E-state index is -5.21. The number of hydrogen-bond donors (Lipinski definition) is 6. The van der Waals surface area contributed by atoms with Crippen LogP contribution in [0.1, 0.15) is 56.4 Å². The number of aliphatic hydroxyl groups excluding tert-OH is 1. The number of alkyl halides is 6. The number of methoxy groups -OCH3 is 1. The smallest absolute Gasteiger partial charge is 0.407 e. The summed E-state index contributed by atoms with van der Waals surface area (Å²) in [7, 11) is 0.792. The average molecular weight is 1110 g/mol. The fourth-order valence-corrected chi connectivity index (χ4v) is 9.28. The number of ether oxygens (including phenoxy) is 2. The van der Waals surface area contributed by atoms with Crippen LogP contribution >= 0.6 is 0 Å². The van der Waals surface area contributed by atoms with Crippen LogP contribution in [0.25, 0.3) is 11.3 Å². The van der Waals surface area contributed by atoms with Gasteiger partial charge in [-0.1, -0.05) is 24.0 Å². The number of likely N-dealkylation sites (tertiary alicyclic amines) is 1. The number of carbonyl (C=O) groups excluding carboxylic acids is 3. The lowest BCUT2D eigenvalue weighted by Crippen LogP contribution is -2.63. The Hall–Kier alpha value is -7.21. The molecular weight excluding hydrogens is 1050 g/mol. The Morgan fingerprint density at radius 1 is 0.782 bits per heavy atom. The standard InChI is InChI=1S/C52H56F9N9O8/c1-49(2,51(56,57)58)43(65-47(74)75)45(72)64-40(16-29-9-6-28(7-10-29)8-11-30-12-15-42(63-20-30)70-23-33-19-34(70)22-69(33)35-26-78-27-35)41(71)25-68(67-46(73)44(66-48(76)77-5)50(3,4)52(59,60)61)24-36-37(54)17-31(18-38(36)55)39-14-13-32(53)21-62-39/h6-7,9-10,12-15,17-18,20-21,33-35,40-41,43-44,65,71H,16,19,22-27H2,1-5H3,(H,64,72)(H,66,76)(H,67,73)(H,74,75)/t33-,34-,40+,41+,43-,44-/m1/s1. The van der Waals surface area contributed by atoms with Gasteiger partial charge < -0.3 is 40.5 Å². The van der Waals surface area contributed by atoms with Crippen LogP contribution in [-0.2, 0) is 32.0 Å². The molecule has 6 atom stereocenters. The summed E-state index contributed by atoms with van der Waals surface area (Å²) in [6.07, 6.45) is -13.1. The lowest BCUT2D eigenvalue weighted by molar-refractivity contribution is -0.221. The van der Waals surface area contributed by atoms with E-state index in [1.807, 2.05) is 17.6 Å². The molecule has 6 N–H and O–H groups in total. The first-order valence-corrected chi connectivity index (χ1v) is 24.3. The van der Waals surface area contributed by atoms with E-state index in [-0.39, 0.29) is 16.8 Å². The van der Waals surface area contributed by atoms with Crippen molar-refractivity contribution in [3.8, 4) is 23.1 Å². The predicted octanol–water partition coefficient (Wildman–Crippen LogP) is 6.08. The molecule has 420 valence electrons.